The molecule has 0 aromatic heterocycles. The highest BCUT2D eigenvalue weighted by Gasteiger charge is 2.27. The lowest BCUT2D eigenvalue weighted by Gasteiger charge is -2.30. The zero-order valence-electron chi connectivity index (χ0n) is 10.3. The van der Waals surface area contributed by atoms with Crippen LogP contribution in [0.4, 0.5) is 0 Å². The van der Waals surface area contributed by atoms with Crippen LogP contribution in [0.1, 0.15) is 19.3 Å². The maximum Gasteiger partial charge on any atom is 0.281 e. The summed E-state index contributed by atoms with van der Waals surface area (Å²) in [5.41, 5.74) is 0. The number of alkyl halides is 1. The van der Waals surface area contributed by atoms with E-state index in [4.69, 9.17) is 4.74 Å². The Bertz CT molecular complexity index is 305. The molecule has 0 aromatic rings. The van der Waals surface area contributed by atoms with Gasteiger partial charge in [-0.3, -0.25) is 0 Å². The molecule has 102 valence electrons. The molecule has 0 spiro atoms. The number of unbranched alkanes of at least 4 members (excludes halogenated alkanes) is 2. The van der Waals surface area contributed by atoms with E-state index >= 15 is 0 Å². The number of halogens is 1. The fraction of sp³-hybridized carbons (Fsp3) is 1.00. The van der Waals surface area contributed by atoms with E-state index in [9.17, 15) is 8.42 Å². The van der Waals surface area contributed by atoms with E-state index in [-0.39, 0.29) is 0 Å². The molecule has 17 heavy (non-hydrogen) atoms. The second-order valence-corrected chi connectivity index (χ2v) is 6.92. The quantitative estimate of drug-likeness (QED) is 0.518. The SMILES string of the molecule is CN(CCCCCBr)S(=O)(=O)N1CCOCC1. The van der Waals surface area contributed by atoms with Crippen LogP contribution in [0.2, 0.25) is 0 Å². The van der Waals surface area contributed by atoms with Gasteiger partial charge in [0.1, 0.15) is 0 Å². The molecule has 1 rings (SSSR count). The van der Waals surface area contributed by atoms with Crippen molar-refractivity contribution in [3.05, 3.63) is 0 Å². The summed E-state index contributed by atoms with van der Waals surface area (Å²) >= 11 is 3.36. The summed E-state index contributed by atoms with van der Waals surface area (Å²) in [6.07, 6.45) is 3.05. The van der Waals surface area contributed by atoms with Crippen molar-refractivity contribution < 1.29 is 13.2 Å². The van der Waals surface area contributed by atoms with Crippen molar-refractivity contribution >= 4 is 26.1 Å². The van der Waals surface area contributed by atoms with Crippen molar-refractivity contribution in [1.29, 1.82) is 0 Å². The summed E-state index contributed by atoms with van der Waals surface area (Å²) in [5.74, 6) is 0. The van der Waals surface area contributed by atoms with Gasteiger partial charge in [-0.25, -0.2) is 0 Å². The van der Waals surface area contributed by atoms with Crippen LogP contribution in [0.5, 0.6) is 0 Å². The molecular weight excluding hydrogens is 308 g/mol. The molecule has 0 unspecified atom stereocenters. The summed E-state index contributed by atoms with van der Waals surface area (Å²) in [5, 5.41) is 0.979. The van der Waals surface area contributed by atoms with Crippen LogP contribution >= 0.6 is 15.9 Å². The molecule has 5 nitrogen and oxygen atoms in total. The monoisotopic (exact) mass is 328 g/mol. The second kappa shape index (κ2) is 7.68. The molecule has 0 saturated carbocycles. The molecule has 0 amide bonds. The molecular formula is C10H21BrN2O3S. The van der Waals surface area contributed by atoms with Crippen molar-refractivity contribution in [2.75, 3.05) is 45.2 Å². The molecule has 0 atom stereocenters. The van der Waals surface area contributed by atoms with E-state index in [0.717, 1.165) is 24.6 Å². The van der Waals surface area contributed by atoms with Gasteiger partial charge >= 0.3 is 0 Å². The first-order chi connectivity index (χ1) is 8.09. The molecule has 0 N–H and O–H groups in total. The smallest absolute Gasteiger partial charge is 0.281 e. The van der Waals surface area contributed by atoms with E-state index in [1.165, 1.54) is 8.61 Å². The Morgan fingerprint density at radius 3 is 2.47 bits per heavy atom. The fourth-order valence-electron chi connectivity index (χ4n) is 1.70. The van der Waals surface area contributed by atoms with Gasteiger partial charge in [0.15, 0.2) is 0 Å². The van der Waals surface area contributed by atoms with Crippen LogP contribution in [0.3, 0.4) is 0 Å². The Kier molecular flexibility index (Phi) is 6.94. The lowest BCUT2D eigenvalue weighted by Crippen LogP contribution is -2.47. The van der Waals surface area contributed by atoms with Crippen molar-refractivity contribution in [2.45, 2.75) is 19.3 Å². The number of hydrogen-bond donors (Lipinski definition) is 0. The molecule has 0 bridgehead atoms. The Hall–Kier alpha value is 0.310. The minimum Gasteiger partial charge on any atom is -0.379 e. The topological polar surface area (TPSA) is 49.9 Å². The molecule has 1 aliphatic heterocycles. The van der Waals surface area contributed by atoms with Gasteiger partial charge in [-0.2, -0.15) is 17.0 Å². The molecule has 0 aromatic carbocycles. The number of ether oxygens (including phenoxy) is 1. The number of hydrogen-bond acceptors (Lipinski definition) is 3. The van der Waals surface area contributed by atoms with Gasteiger partial charge in [-0.15, -0.1) is 0 Å². The highest BCUT2D eigenvalue weighted by atomic mass is 79.9. The summed E-state index contributed by atoms with van der Waals surface area (Å²) in [4.78, 5) is 0. The summed E-state index contributed by atoms with van der Waals surface area (Å²) in [6, 6.07) is 0. The predicted octanol–water partition coefficient (Wildman–Crippen LogP) is 1.06. The summed E-state index contributed by atoms with van der Waals surface area (Å²) in [6.45, 7) is 2.52. The number of nitrogens with zero attached hydrogens (tertiary/aromatic N) is 2. The third-order valence-corrected chi connectivity index (χ3v) is 5.35. The van der Waals surface area contributed by atoms with E-state index < -0.39 is 10.2 Å². The predicted molar refractivity (Wildman–Crippen MR) is 71.6 cm³/mol. The zero-order chi connectivity index (χ0) is 12.7. The normalized spacial score (nSPS) is 18.8. The second-order valence-electron chi connectivity index (χ2n) is 4.09. The summed E-state index contributed by atoms with van der Waals surface area (Å²) < 4.78 is 32.4. The molecule has 7 heteroatoms. The van der Waals surface area contributed by atoms with E-state index in [2.05, 4.69) is 15.9 Å². The number of rotatable bonds is 7. The van der Waals surface area contributed by atoms with Crippen molar-refractivity contribution in [2.24, 2.45) is 0 Å². The minimum atomic E-state index is -3.27. The lowest BCUT2D eigenvalue weighted by molar-refractivity contribution is 0.0706. The van der Waals surface area contributed by atoms with Gasteiger partial charge in [-0.1, -0.05) is 22.4 Å². The third kappa shape index (κ3) is 4.82. The Morgan fingerprint density at radius 1 is 1.24 bits per heavy atom. The van der Waals surface area contributed by atoms with Gasteiger partial charge in [-0.05, 0) is 12.8 Å². The third-order valence-electron chi connectivity index (χ3n) is 2.80. The van der Waals surface area contributed by atoms with Gasteiger partial charge in [0, 0.05) is 32.0 Å². The molecule has 1 saturated heterocycles. The highest BCUT2D eigenvalue weighted by molar-refractivity contribution is 9.09. The van der Waals surface area contributed by atoms with Crippen LogP contribution in [-0.2, 0) is 14.9 Å². The van der Waals surface area contributed by atoms with Gasteiger partial charge < -0.3 is 4.74 Å². The molecule has 0 aliphatic carbocycles. The van der Waals surface area contributed by atoms with Crippen LogP contribution in [0.15, 0.2) is 0 Å². The lowest BCUT2D eigenvalue weighted by atomic mass is 10.2. The van der Waals surface area contributed by atoms with Gasteiger partial charge in [0.25, 0.3) is 10.2 Å². The number of morpholine rings is 1. The standard InChI is InChI=1S/C10H21BrN2O3S/c1-12(6-4-2-3-5-11)17(14,15)13-7-9-16-10-8-13/h2-10H2,1H3. The van der Waals surface area contributed by atoms with E-state index in [1.807, 2.05) is 0 Å². The van der Waals surface area contributed by atoms with Gasteiger partial charge in [0.05, 0.1) is 13.2 Å². The van der Waals surface area contributed by atoms with Gasteiger partial charge in [0.2, 0.25) is 0 Å². The Morgan fingerprint density at radius 2 is 1.88 bits per heavy atom. The maximum atomic E-state index is 12.1. The van der Waals surface area contributed by atoms with Crippen molar-refractivity contribution in [1.82, 2.24) is 8.61 Å². The van der Waals surface area contributed by atoms with Crippen LogP contribution in [0.25, 0.3) is 0 Å². The summed E-state index contributed by atoms with van der Waals surface area (Å²) in [7, 11) is -1.62. The van der Waals surface area contributed by atoms with E-state index in [0.29, 0.717) is 32.8 Å². The molecule has 1 heterocycles. The first-order valence-corrected chi connectivity index (χ1v) is 8.46. The largest absolute Gasteiger partial charge is 0.379 e. The Balaban J connectivity index is 2.39. The fourth-order valence-corrected chi connectivity index (χ4v) is 3.46. The van der Waals surface area contributed by atoms with Crippen molar-refractivity contribution in [3.8, 4) is 0 Å². The molecule has 1 fully saturated rings. The average Bonchev–Trinajstić information content (AvgIpc) is 2.35. The minimum absolute atomic E-state index is 0.466. The van der Waals surface area contributed by atoms with Crippen LogP contribution in [0, 0.1) is 0 Å². The first-order valence-electron chi connectivity index (χ1n) is 5.94. The van der Waals surface area contributed by atoms with Crippen molar-refractivity contribution in [3.63, 3.8) is 0 Å². The molecule has 1 aliphatic rings. The zero-order valence-corrected chi connectivity index (χ0v) is 12.7. The van der Waals surface area contributed by atoms with E-state index in [1.54, 1.807) is 7.05 Å². The highest BCUT2D eigenvalue weighted by Crippen LogP contribution is 2.10. The average molecular weight is 329 g/mol. The Labute approximate surface area is 112 Å². The maximum absolute atomic E-state index is 12.1. The molecule has 0 radical (unpaired) electrons. The van der Waals surface area contributed by atoms with Crippen LogP contribution < -0.4 is 0 Å². The van der Waals surface area contributed by atoms with Crippen LogP contribution in [-0.4, -0.2) is 62.3 Å². The first kappa shape index (κ1) is 15.4.